The van der Waals surface area contributed by atoms with Crippen molar-refractivity contribution < 1.29 is 0 Å². The molecule has 0 amide bonds. The molecule has 0 bridgehead atoms. The van der Waals surface area contributed by atoms with Gasteiger partial charge in [0, 0.05) is 10.8 Å². The zero-order chi connectivity index (χ0) is 10.3. The Morgan fingerprint density at radius 3 is 1.44 bits per heavy atom. The highest BCUT2D eigenvalue weighted by Crippen LogP contribution is 3.00. The summed E-state index contributed by atoms with van der Waals surface area (Å²) in [6, 6.07) is 0. The topological polar surface area (TPSA) is 0 Å². The summed E-state index contributed by atoms with van der Waals surface area (Å²) in [7, 11) is 0. The van der Waals surface area contributed by atoms with Crippen LogP contribution in [0.1, 0.15) is 38.5 Å². The van der Waals surface area contributed by atoms with Crippen molar-refractivity contribution in [3.63, 3.8) is 0 Å². The van der Waals surface area contributed by atoms with Gasteiger partial charge in [-0.15, -0.1) is 0 Å². The van der Waals surface area contributed by atoms with Gasteiger partial charge >= 0.3 is 0 Å². The van der Waals surface area contributed by atoms with E-state index >= 15 is 0 Å². The second-order valence-corrected chi connectivity index (χ2v) is 7.68. The van der Waals surface area contributed by atoms with Crippen molar-refractivity contribution in [2.24, 2.45) is 46.3 Å². The molecule has 6 fully saturated rings. The van der Waals surface area contributed by atoms with Crippen LogP contribution < -0.4 is 0 Å². The quantitative estimate of drug-likeness (QED) is 0.613. The molecule has 6 rings (SSSR count). The number of hydrogen-bond donors (Lipinski definition) is 0. The van der Waals surface area contributed by atoms with Gasteiger partial charge in [-0.2, -0.15) is 0 Å². The fraction of sp³-hybridized carbons (Fsp3) is 0.875. The monoisotopic (exact) mass is 212 g/mol. The van der Waals surface area contributed by atoms with Crippen molar-refractivity contribution in [3.8, 4) is 0 Å². The highest BCUT2D eigenvalue weighted by Gasteiger charge is 2.96. The van der Waals surface area contributed by atoms with Crippen molar-refractivity contribution in [3.05, 3.63) is 12.2 Å². The Kier molecular flexibility index (Phi) is 0.921. The molecule has 0 spiro atoms. The molecule has 0 heterocycles. The van der Waals surface area contributed by atoms with E-state index in [-0.39, 0.29) is 0 Å². The zero-order valence-corrected chi connectivity index (χ0v) is 9.91. The molecule has 84 valence electrons. The van der Waals surface area contributed by atoms with Crippen LogP contribution in [0.2, 0.25) is 0 Å². The van der Waals surface area contributed by atoms with Crippen LogP contribution >= 0.6 is 0 Å². The Bertz CT molecular complexity index is 362. The first-order valence-electron chi connectivity index (χ1n) is 7.55. The molecule has 0 N–H and O–H groups in total. The fourth-order valence-corrected chi connectivity index (χ4v) is 7.38. The molecule has 0 radical (unpaired) electrons. The Labute approximate surface area is 97.5 Å². The smallest absolute Gasteiger partial charge is 0.00118 e. The van der Waals surface area contributed by atoms with Crippen LogP contribution in [0.5, 0.6) is 0 Å². The van der Waals surface area contributed by atoms with E-state index in [0.717, 1.165) is 46.3 Å². The van der Waals surface area contributed by atoms with E-state index < -0.39 is 0 Å². The molecule has 0 aromatic carbocycles. The van der Waals surface area contributed by atoms with Crippen LogP contribution in [0, 0.1) is 46.3 Å². The third kappa shape index (κ3) is 0.486. The van der Waals surface area contributed by atoms with E-state index in [0.29, 0.717) is 0 Å². The van der Waals surface area contributed by atoms with E-state index in [9.17, 15) is 0 Å². The molecule has 0 saturated heterocycles. The maximum atomic E-state index is 4.67. The summed E-state index contributed by atoms with van der Waals surface area (Å²) < 4.78 is 0. The number of fused-ring (bicyclic) bond motifs is 4. The Hall–Kier alpha value is -0.260. The summed E-state index contributed by atoms with van der Waals surface area (Å²) in [6.07, 6.45) is 9.27. The van der Waals surface area contributed by atoms with Gasteiger partial charge in [0.1, 0.15) is 0 Å². The minimum absolute atomic E-state index is 0.775. The summed E-state index contributed by atoms with van der Waals surface area (Å²) >= 11 is 0. The van der Waals surface area contributed by atoms with Gasteiger partial charge < -0.3 is 0 Å². The summed E-state index contributed by atoms with van der Waals surface area (Å²) in [6.45, 7) is 4.67. The summed E-state index contributed by atoms with van der Waals surface area (Å²) in [5.41, 5.74) is 3.37. The standard InChI is InChI=1S/C16H20/c1-8(15-9-4-2-5-10(15)13(9)15)16-11-6-3-7-12(16)14(11)16/h9-14H,1-7H2. The average Bonchev–Trinajstić information content (AvgIpc) is 3.24. The van der Waals surface area contributed by atoms with Gasteiger partial charge in [-0.25, -0.2) is 0 Å². The molecule has 16 heavy (non-hydrogen) atoms. The van der Waals surface area contributed by atoms with Crippen molar-refractivity contribution in [1.82, 2.24) is 0 Å². The predicted molar refractivity (Wildman–Crippen MR) is 62.6 cm³/mol. The fourth-order valence-electron chi connectivity index (χ4n) is 7.38. The van der Waals surface area contributed by atoms with Gasteiger partial charge in [0.2, 0.25) is 0 Å². The van der Waals surface area contributed by atoms with Gasteiger partial charge in [-0.1, -0.05) is 25.0 Å². The van der Waals surface area contributed by atoms with Crippen LogP contribution in [-0.2, 0) is 0 Å². The van der Waals surface area contributed by atoms with E-state index in [1.807, 2.05) is 5.57 Å². The lowest BCUT2D eigenvalue weighted by Crippen LogP contribution is -2.24. The first-order valence-corrected chi connectivity index (χ1v) is 7.55. The molecule has 6 aliphatic carbocycles. The second kappa shape index (κ2) is 1.85. The van der Waals surface area contributed by atoms with Gasteiger partial charge in [-0.3, -0.25) is 0 Å². The summed E-state index contributed by atoms with van der Waals surface area (Å²) in [5, 5.41) is 0. The molecule has 6 aliphatic rings. The zero-order valence-electron chi connectivity index (χ0n) is 9.91. The highest BCUT2D eigenvalue weighted by atomic mass is 15.0. The van der Waals surface area contributed by atoms with Gasteiger partial charge in [0.15, 0.2) is 0 Å². The summed E-state index contributed by atoms with van der Waals surface area (Å²) in [5.74, 6) is 6.86. The lowest BCUT2D eigenvalue weighted by Gasteiger charge is -2.32. The maximum absolute atomic E-state index is 4.67. The van der Waals surface area contributed by atoms with E-state index in [1.165, 1.54) is 12.8 Å². The summed E-state index contributed by atoms with van der Waals surface area (Å²) in [4.78, 5) is 0. The lowest BCUT2D eigenvalue weighted by atomic mass is 9.72. The molecule has 4 atom stereocenters. The highest BCUT2D eigenvalue weighted by molar-refractivity contribution is 5.56. The van der Waals surface area contributed by atoms with Gasteiger partial charge in [-0.05, 0) is 61.2 Å². The van der Waals surface area contributed by atoms with E-state index in [1.54, 1.807) is 25.7 Å². The van der Waals surface area contributed by atoms with Crippen LogP contribution in [0.15, 0.2) is 12.2 Å². The molecule has 0 heteroatoms. The molecule has 0 aliphatic heterocycles. The predicted octanol–water partition coefficient (Wildman–Crippen LogP) is 3.63. The SMILES string of the molecule is C=C(C12C3CCCC1C32)C12C3CCCC1C32. The Morgan fingerprint density at radius 2 is 1.12 bits per heavy atom. The number of hydrogen-bond acceptors (Lipinski definition) is 0. The minimum atomic E-state index is 0.775. The van der Waals surface area contributed by atoms with Crippen molar-refractivity contribution >= 4 is 0 Å². The molecule has 6 saturated carbocycles. The van der Waals surface area contributed by atoms with Crippen LogP contribution in [0.3, 0.4) is 0 Å². The Morgan fingerprint density at radius 1 is 0.750 bits per heavy atom. The molecular formula is C16H20. The third-order valence-corrected chi connectivity index (χ3v) is 7.96. The second-order valence-electron chi connectivity index (χ2n) is 7.68. The first kappa shape index (κ1) is 7.95. The van der Waals surface area contributed by atoms with Crippen LogP contribution in [0.25, 0.3) is 0 Å². The largest absolute Gasteiger partial charge is 0.0987 e. The number of allylic oxidation sites excluding steroid dienone is 1. The Balaban J connectivity index is 1.39. The van der Waals surface area contributed by atoms with Crippen molar-refractivity contribution in [2.45, 2.75) is 38.5 Å². The minimum Gasteiger partial charge on any atom is -0.0987 e. The van der Waals surface area contributed by atoms with Crippen molar-refractivity contribution in [1.29, 1.82) is 0 Å². The van der Waals surface area contributed by atoms with E-state index in [4.69, 9.17) is 0 Å². The van der Waals surface area contributed by atoms with Gasteiger partial charge in [0.25, 0.3) is 0 Å². The van der Waals surface area contributed by atoms with Crippen LogP contribution in [0.4, 0.5) is 0 Å². The first-order chi connectivity index (χ1) is 7.85. The maximum Gasteiger partial charge on any atom is 0.00118 e. The molecule has 0 aromatic heterocycles. The third-order valence-electron chi connectivity index (χ3n) is 7.96. The normalized spacial score (nSPS) is 74.8. The molecule has 0 nitrogen and oxygen atoms in total. The molecule has 0 aromatic rings. The van der Waals surface area contributed by atoms with Crippen LogP contribution in [-0.4, -0.2) is 0 Å². The number of rotatable bonds is 2. The van der Waals surface area contributed by atoms with Gasteiger partial charge in [0.05, 0.1) is 0 Å². The lowest BCUT2D eigenvalue weighted by molar-refractivity contribution is 0.248. The average molecular weight is 212 g/mol. The molecular weight excluding hydrogens is 192 g/mol. The molecule has 4 unspecified atom stereocenters. The van der Waals surface area contributed by atoms with Crippen molar-refractivity contribution in [2.75, 3.05) is 0 Å². The van der Waals surface area contributed by atoms with E-state index in [2.05, 4.69) is 6.58 Å².